The number of pyridine rings is 1. The van der Waals surface area contributed by atoms with Crippen molar-refractivity contribution in [1.29, 1.82) is 0 Å². The number of primary amides is 1. The van der Waals surface area contributed by atoms with Gasteiger partial charge in [0.15, 0.2) is 0 Å². The monoisotopic (exact) mass is 323 g/mol. The van der Waals surface area contributed by atoms with Gasteiger partial charge in [-0.25, -0.2) is 4.79 Å². The molecular weight excluding hydrogens is 302 g/mol. The van der Waals surface area contributed by atoms with E-state index in [2.05, 4.69) is 5.32 Å². The number of carboxylic acid groups (broad SMARTS) is 1. The van der Waals surface area contributed by atoms with Crippen molar-refractivity contribution in [2.75, 3.05) is 0 Å². The van der Waals surface area contributed by atoms with Gasteiger partial charge in [-0.3, -0.25) is 14.4 Å². The van der Waals surface area contributed by atoms with Gasteiger partial charge >= 0.3 is 5.97 Å². The maximum Gasteiger partial charge on any atom is 0.326 e. The van der Waals surface area contributed by atoms with Crippen molar-refractivity contribution in [3.8, 4) is 0 Å². The molecule has 0 aliphatic carbocycles. The Hall–Kier alpha value is -2.64. The van der Waals surface area contributed by atoms with Crippen LogP contribution in [-0.2, 0) is 14.4 Å². The van der Waals surface area contributed by atoms with Crippen LogP contribution in [0.15, 0.2) is 23.1 Å². The average Bonchev–Trinajstić information content (AvgIpc) is 2.44. The molecule has 0 spiro atoms. The summed E-state index contributed by atoms with van der Waals surface area (Å²) in [5, 5.41) is 11.3. The standard InChI is InChI=1S/C15H21N3O5/c1-3-4-11(18-6-5-9(2)7-13(18)20)14(21)17-10(15(22)23)8-12(16)19/h5-7,10-11H,3-4,8H2,1-2H3,(H2,16,19)(H,17,21)(H,22,23). The van der Waals surface area contributed by atoms with Gasteiger partial charge in [-0.15, -0.1) is 0 Å². The SMILES string of the molecule is CCCC(C(=O)NC(CC(N)=O)C(=O)O)n1ccc(C)cc1=O. The molecule has 1 aromatic rings. The fraction of sp³-hybridized carbons (Fsp3) is 0.467. The minimum absolute atomic E-state index is 0.347. The van der Waals surface area contributed by atoms with Crippen molar-refractivity contribution < 1.29 is 19.5 Å². The fourth-order valence-corrected chi connectivity index (χ4v) is 2.19. The second kappa shape index (κ2) is 8.11. The first-order chi connectivity index (χ1) is 10.8. The van der Waals surface area contributed by atoms with Crippen molar-refractivity contribution in [3.05, 3.63) is 34.2 Å². The molecule has 23 heavy (non-hydrogen) atoms. The number of aromatic nitrogens is 1. The molecule has 0 bridgehead atoms. The van der Waals surface area contributed by atoms with Gasteiger partial charge < -0.3 is 20.7 Å². The number of carboxylic acids is 1. The van der Waals surface area contributed by atoms with Gasteiger partial charge in [0.2, 0.25) is 11.8 Å². The number of nitrogens with two attached hydrogens (primary N) is 1. The zero-order valence-corrected chi connectivity index (χ0v) is 13.1. The van der Waals surface area contributed by atoms with Crippen LogP contribution >= 0.6 is 0 Å². The number of nitrogens with zero attached hydrogens (tertiary/aromatic N) is 1. The van der Waals surface area contributed by atoms with Gasteiger partial charge in [0.1, 0.15) is 12.1 Å². The molecule has 0 saturated carbocycles. The maximum atomic E-state index is 12.4. The second-order valence-electron chi connectivity index (χ2n) is 5.32. The number of hydrogen-bond donors (Lipinski definition) is 3. The molecule has 8 heteroatoms. The Morgan fingerprint density at radius 3 is 2.52 bits per heavy atom. The van der Waals surface area contributed by atoms with Crippen molar-refractivity contribution in [1.82, 2.24) is 9.88 Å². The average molecular weight is 323 g/mol. The summed E-state index contributed by atoms with van der Waals surface area (Å²) in [6.45, 7) is 3.60. The summed E-state index contributed by atoms with van der Waals surface area (Å²) >= 11 is 0. The molecule has 1 aromatic heterocycles. The predicted molar refractivity (Wildman–Crippen MR) is 82.8 cm³/mol. The lowest BCUT2D eigenvalue weighted by Gasteiger charge is -2.21. The first kappa shape index (κ1) is 18.4. The number of amides is 2. The summed E-state index contributed by atoms with van der Waals surface area (Å²) in [6, 6.07) is 0.826. The largest absolute Gasteiger partial charge is 0.480 e. The van der Waals surface area contributed by atoms with Crippen molar-refractivity contribution in [2.45, 2.75) is 45.2 Å². The van der Waals surface area contributed by atoms with Gasteiger partial charge in [0.25, 0.3) is 5.56 Å². The van der Waals surface area contributed by atoms with Crippen LogP contribution in [0.2, 0.25) is 0 Å². The lowest BCUT2D eigenvalue weighted by atomic mass is 10.1. The lowest BCUT2D eigenvalue weighted by molar-refractivity contribution is -0.143. The third kappa shape index (κ3) is 5.24. The molecule has 2 amide bonds. The van der Waals surface area contributed by atoms with Crippen molar-refractivity contribution in [3.63, 3.8) is 0 Å². The van der Waals surface area contributed by atoms with Crippen LogP contribution in [0.5, 0.6) is 0 Å². The molecule has 4 N–H and O–H groups in total. The molecule has 1 rings (SSSR count). The quantitative estimate of drug-likeness (QED) is 0.617. The van der Waals surface area contributed by atoms with E-state index in [9.17, 15) is 19.2 Å². The molecule has 0 saturated heterocycles. The summed E-state index contributed by atoms with van der Waals surface area (Å²) < 4.78 is 1.26. The van der Waals surface area contributed by atoms with Crippen LogP contribution in [0.25, 0.3) is 0 Å². The fourth-order valence-electron chi connectivity index (χ4n) is 2.19. The Kier molecular flexibility index (Phi) is 6.49. The van der Waals surface area contributed by atoms with E-state index in [0.717, 1.165) is 5.56 Å². The Morgan fingerprint density at radius 1 is 1.39 bits per heavy atom. The molecule has 0 aliphatic rings. The summed E-state index contributed by atoms with van der Waals surface area (Å²) in [7, 11) is 0. The smallest absolute Gasteiger partial charge is 0.326 e. The predicted octanol–water partition coefficient (Wildman–Crippen LogP) is -0.0573. The zero-order chi connectivity index (χ0) is 17.6. The highest BCUT2D eigenvalue weighted by Crippen LogP contribution is 2.13. The van der Waals surface area contributed by atoms with Gasteiger partial charge in [0, 0.05) is 12.3 Å². The number of carbonyl (C=O) groups excluding carboxylic acids is 2. The molecule has 8 nitrogen and oxygen atoms in total. The Bertz CT molecular complexity index is 653. The highest BCUT2D eigenvalue weighted by molar-refractivity contribution is 5.89. The normalized spacial score (nSPS) is 13.1. The van der Waals surface area contributed by atoms with Crippen LogP contribution in [0.3, 0.4) is 0 Å². The van der Waals surface area contributed by atoms with Gasteiger partial charge in [-0.1, -0.05) is 13.3 Å². The maximum absolute atomic E-state index is 12.4. The Balaban J connectivity index is 3.04. The molecular formula is C15H21N3O5. The van der Waals surface area contributed by atoms with E-state index in [1.54, 1.807) is 13.0 Å². The molecule has 2 atom stereocenters. The highest BCUT2D eigenvalue weighted by Gasteiger charge is 2.27. The summed E-state index contributed by atoms with van der Waals surface area (Å²) in [5.41, 5.74) is 5.40. The van der Waals surface area contributed by atoms with Crippen molar-refractivity contribution in [2.24, 2.45) is 5.73 Å². The van der Waals surface area contributed by atoms with Crippen molar-refractivity contribution >= 4 is 17.8 Å². The highest BCUT2D eigenvalue weighted by atomic mass is 16.4. The summed E-state index contributed by atoms with van der Waals surface area (Å²) in [4.78, 5) is 46.4. The van der Waals surface area contributed by atoms with E-state index < -0.39 is 36.3 Å². The minimum atomic E-state index is -1.42. The van der Waals surface area contributed by atoms with E-state index in [-0.39, 0.29) is 5.56 Å². The third-order valence-corrected chi connectivity index (χ3v) is 3.32. The molecule has 0 aliphatic heterocycles. The topological polar surface area (TPSA) is 131 Å². The minimum Gasteiger partial charge on any atom is -0.480 e. The number of carbonyl (C=O) groups is 3. The lowest BCUT2D eigenvalue weighted by Crippen LogP contribution is -2.47. The molecule has 0 fully saturated rings. The molecule has 1 heterocycles. The van der Waals surface area contributed by atoms with E-state index in [0.29, 0.717) is 12.8 Å². The van der Waals surface area contributed by atoms with E-state index >= 15 is 0 Å². The summed E-state index contributed by atoms with van der Waals surface area (Å²) in [5.74, 6) is -2.83. The molecule has 0 aromatic carbocycles. The third-order valence-electron chi connectivity index (χ3n) is 3.32. The van der Waals surface area contributed by atoms with Gasteiger partial charge in [-0.05, 0) is 25.0 Å². The first-order valence-corrected chi connectivity index (χ1v) is 7.26. The van der Waals surface area contributed by atoms with Gasteiger partial charge in [-0.2, -0.15) is 0 Å². The Morgan fingerprint density at radius 2 is 2.04 bits per heavy atom. The van der Waals surface area contributed by atoms with Gasteiger partial charge in [0.05, 0.1) is 6.42 Å². The Labute approximate surface area is 133 Å². The van der Waals surface area contributed by atoms with E-state index in [1.165, 1.54) is 16.8 Å². The number of aliphatic carboxylic acids is 1. The van der Waals surface area contributed by atoms with E-state index in [1.807, 2.05) is 6.92 Å². The van der Waals surface area contributed by atoms with E-state index in [4.69, 9.17) is 10.8 Å². The van der Waals surface area contributed by atoms with Crippen LogP contribution in [-0.4, -0.2) is 33.5 Å². The second-order valence-corrected chi connectivity index (χ2v) is 5.32. The van der Waals surface area contributed by atoms with Crippen LogP contribution in [0, 0.1) is 6.92 Å². The van der Waals surface area contributed by atoms with Crippen LogP contribution in [0.1, 0.15) is 37.8 Å². The number of hydrogen-bond acceptors (Lipinski definition) is 4. The molecule has 2 unspecified atom stereocenters. The zero-order valence-electron chi connectivity index (χ0n) is 13.1. The first-order valence-electron chi connectivity index (χ1n) is 7.26. The molecule has 0 radical (unpaired) electrons. The molecule has 126 valence electrons. The number of nitrogens with one attached hydrogen (secondary N) is 1. The number of aryl methyl sites for hydroxylation is 1. The number of rotatable bonds is 8. The van der Waals surface area contributed by atoms with Crippen LogP contribution < -0.4 is 16.6 Å². The van der Waals surface area contributed by atoms with Crippen LogP contribution in [0.4, 0.5) is 0 Å². The summed E-state index contributed by atoms with van der Waals surface area (Å²) in [6.07, 6.45) is 1.97.